The molecule has 0 saturated carbocycles. The molecule has 1 atom stereocenters. The van der Waals surface area contributed by atoms with Gasteiger partial charge in [0.1, 0.15) is 5.92 Å². The van der Waals surface area contributed by atoms with Gasteiger partial charge in [-0.1, -0.05) is 32.8 Å². The second-order valence-electron chi connectivity index (χ2n) is 4.53. The number of aromatic nitrogens is 1. The van der Waals surface area contributed by atoms with Crippen LogP contribution in [0.5, 0.6) is 0 Å². The molecule has 0 aliphatic heterocycles. The number of nitrogens with zero attached hydrogens (tertiary/aromatic N) is 2. The van der Waals surface area contributed by atoms with Crippen molar-refractivity contribution in [1.29, 1.82) is 5.26 Å². The summed E-state index contributed by atoms with van der Waals surface area (Å²) in [4.78, 5) is 16.4. The third-order valence-corrected chi connectivity index (χ3v) is 3.11. The van der Waals surface area contributed by atoms with Gasteiger partial charge in [0.05, 0.1) is 6.07 Å². The molecule has 0 radical (unpaired) electrons. The molecule has 0 aliphatic rings. The van der Waals surface area contributed by atoms with Gasteiger partial charge in [0.15, 0.2) is 5.78 Å². The number of pyridine rings is 1. The molecule has 0 fully saturated rings. The SMILES string of the molecule is CCCC(CCC)C(=O)C(C#N)c1cccnc1. The first-order chi connectivity index (χ1) is 8.74. The van der Waals surface area contributed by atoms with E-state index >= 15 is 0 Å². The van der Waals surface area contributed by atoms with Crippen molar-refractivity contribution in [3.8, 4) is 6.07 Å². The lowest BCUT2D eigenvalue weighted by molar-refractivity contribution is -0.123. The molecule has 3 heteroatoms. The first-order valence-electron chi connectivity index (χ1n) is 6.57. The van der Waals surface area contributed by atoms with Crippen LogP contribution in [0.4, 0.5) is 0 Å². The van der Waals surface area contributed by atoms with E-state index in [9.17, 15) is 10.1 Å². The quantitative estimate of drug-likeness (QED) is 0.738. The Bertz CT molecular complexity index is 402. The molecule has 1 heterocycles. The van der Waals surface area contributed by atoms with Gasteiger partial charge in [0.25, 0.3) is 0 Å². The molecular weight excluding hydrogens is 224 g/mol. The highest BCUT2D eigenvalue weighted by Gasteiger charge is 2.27. The summed E-state index contributed by atoms with van der Waals surface area (Å²) < 4.78 is 0. The minimum absolute atomic E-state index is 0.00450. The van der Waals surface area contributed by atoms with E-state index in [-0.39, 0.29) is 11.7 Å². The second kappa shape index (κ2) is 7.60. The molecule has 0 aliphatic carbocycles. The van der Waals surface area contributed by atoms with Crippen molar-refractivity contribution in [2.75, 3.05) is 0 Å². The zero-order valence-corrected chi connectivity index (χ0v) is 11.1. The lowest BCUT2D eigenvalue weighted by Gasteiger charge is -2.17. The Morgan fingerprint density at radius 3 is 2.50 bits per heavy atom. The maximum atomic E-state index is 12.4. The molecule has 0 N–H and O–H groups in total. The predicted molar refractivity (Wildman–Crippen MR) is 70.9 cm³/mol. The van der Waals surface area contributed by atoms with Crippen molar-refractivity contribution >= 4 is 5.78 Å². The zero-order chi connectivity index (χ0) is 13.4. The summed E-state index contributed by atoms with van der Waals surface area (Å²) in [5.74, 6) is -0.610. The average Bonchev–Trinajstić information content (AvgIpc) is 2.40. The average molecular weight is 244 g/mol. The topological polar surface area (TPSA) is 53.8 Å². The minimum Gasteiger partial charge on any atom is -0.298 e. The number of nitriles is 1. The van der Waals surface area contributed by atoms with Gasteiger partial charge >= 0.3 is 0 Å². The van der Waals surface area contributed by atoms with Gasteiger partial charge in [-0.05, 0) is 24.5 Å². The van der Waals surface area contributed by atoms with E-state index in [0.29, 0.717) is 5.56 Å². The Morgan fingerprint density at radius 1 is 1.39 bits per heavy atom. The second-order valence-corrected chi connectivity index (χ2v) is 4.53. The molecule has 1 aromatic rings. The zero-order valence-electron chi connectivity index (χ0n) is 11.1. The Hall–Kier alpha value is -1.69. The van der Waals surface area contributed by atoms with Gasteiger partial charge in [-0.2, -0.15) is 5.26 Å². The normalized spacial score (nSPS) is 12.1. The monoisotopic (exact) mass is 244 g/mol. The van der Waals surface area contributed by atoms with Crippen LogP contribution in [0.2, 0.25) is 0 Å². The van der Waals surface area contributed by atoms with Crippen molar-refractivity contribution in [2.45, 2.75) is 45.4 Å². The fourth-order valence-electron chi connectivity index (χ4n) is 2.21. The summed E-state index contributed by atoms with van der Waals surface area (Å²) in [5.41, 5.74) is 0.710. The molecular formula is C15H20N2O. The molecule has 0 saturated heterocycles. The maximum absolute atomic E-state index is 12.4. The Morgan fingerprint density at radius 2 is 2.06 bits per heavy atom. The Kier molecular flexibility index (Phi) is 6.07. The van der Waals surface area contributed by atoms with E-state index in [1.54, 1.807) is 24.5 Å². The molecule has 1 rings (SSSR count). The van der Waals surface area contributed by atoms with E-state index in [0.717, 1.165) is 25.7 Å². The molecule has 0 amide bonds. The predicted octanol–water partition coefficient (Wildman–Crippen LogP) is 3.47. The highest BCUT2D eigenvalue weighted by molar-refractivity contribution is 5.90. The van der Waals surface area contributed by atoms with Crippen LogP contribution in [0.1, 0.15) is 51.0 Å². The van der Waals surface area contributed by atoms with E-state index in [1.807, 2.05) is 0 Å². The maximum Gasteiger partial charge on any atom is 0.157 e. The number of carbonyl (C=O) groups is 1. The summed E-state index contributed by atoms with van der Waals surface area (Å²) in [5, 5.41) is 9.24. The Balaban J connectivity index is 2.88. The number of carbonyl (C=O) groups excluding carboxylic acids is 1. The first-order valence-corrected chi connectivity index (χ1v) is 6.57. The summed E-state index contributed by atoms with van der Waals surface area (Å²) in [6.45, 7) is 4.14. The molecule has 0 bridgehead atoms. The lowest BCUT2D eigenvalue weighted by atomic mass is 9.84. The van der Waals surface area contributed by atoms with Crippen molar-refractivity contribution in [3.05, 3.63) is 30.1 Å². The van der Waals surface area contributed by atoms with E-state index in [1.165, 1.54) is 0 Å². The minimum atomic E-state index is -0.665. The van der Waals surface area contributed by atoms with Crippen LogP contribution in [0, 0.1) is 17.2 Å². The van der Waals surface area contributed by atoms with Crippen LogP contribution in [0.15, 0.2) is 24.5 Å². The third-order valence-electron chi connectivity index (χ3n) is 3.11. The number of hydrogen-bond donors (Lipinski definition) is 0. The fourth-order valence-corrected chi connectivity index (χ4v) is 2.21. The van der Waals surface area contributed by atoms with Gasteiger partial charge < -0.3 is 0 Å². The van der Waals surface area contributed by atoms with Crippen LogP contribution < -0.4 is 0 Å². The van der Waals surface area contributed by atoms with Crippen molar-refractivity contribution in [3.63, 3.8) is 0 Å². The molecule has 1 aromatic heterocycles. The molecule has 96 valence electrons. The van der Waals surface area contributed by atoms with E-state index < -0.39 is 5.92 Å². The Labute approximate surface area is 109 Å². The van der Waals surface area contributed by atoms with Gasteiger partial charge in [0.2, 0.25) is 0 Å². The summed E-state index contributed by atoms with van der Waals surface area (Å²) >= 11 is 0. The number of hydrogen-bond acceptors (Lipinski definition) is 3. The van der Waals surface area contributed by atoms with Crippen molar-refractivity contribution in [2.24, 2.45) is 5.92 Å². The van der Waals surface area contributed by atoms with Crippen molar-refractivity contribution in [1.82, 2.24) is 4.98 Å². The summed E-state index contributed by atoms with van der Waals surface area (Å²) in [7, 11) is 0. The largest absolute Gasteiger partial charge is 0.298 e. The standard InChI is InChI=1S/C15H20N2O/c1-3-6-12(7-4-2)15(18)14(10-16)13-8-5-9-17-11-13/h5,8-9,11-12,14H,3-4,6-7H2,1-2H3. The van der Waals surface area contributed by atoms with Crippen molar-refractivity contribution < 1.29 is 4.79 Å². The fraction of sp³-hybridized carbons (Fsp3) is 0.533. The number of Topliss-reactive ketones (excluding diaryl/α,β-unsaturated/α-hetero) is 1. The van der Waals surface area contributed by atoms with Crippen LogP contribution in [0.25, 0.3) is 0 Å². The highest BCUT2D eigenvalue weighted by atomic mass is 16.1. The third kappa shape index (κ3) is 3.66. The van der Waals surface area contributed by atoms with E-state index in [2.05, 4.69) is 24.9 Å². The van der Waals surface area contributed by atoms with Gasteiger partial charge in [-0.15, -0.1) is 0 Å². The van der Waals surface area contributed by atoms with Crippen LogP contribution >= 0.6 is 0 Å². The lowest BCUT2D eigenvalue weighted by Crippen LogP contribution is -2.21. The first kappa shape index (κ1) is 14.4. The molecule has 0 spiro atoms. The van der Waals surface area contributed by atoms with Gasteiger partial charge in [-0.3, -0.25) is 9.78 Å². The van der Waals surface area contributed by atoms with E-state index in [4.69, 9.17) is 0 Å². The summed E-state index contributed by atoms with van der Waals surface area (Å²) in [6.07, 6.45) is 6.94. The molecule has 1 unspecified atom stereocenters. The molecule has 0 aromatic carbocycles. The van der Waals surface area contributed by atoms with Gasteiger partial charge in [-0.25, -0.2) is 0 Å². The molecule has 18 heavy (non-hydrogen) atoms. The number of ketones is 1. The van der Waals surface area contributed by atoms with Gasteiger partial charge in [0, 0.05) is 18.3 Å². The summed E-state index contributed by atoms with van der Waals surface area (Å²) in [6, 6.07) is 5.69. The van der Waals surface area contributed by atoms with Crippen LogP contribution in [0.3, 0.4) is 0 Å². The highest BCUT2D eigenvalue weighted by Crippen LogP contribution is 2.24. The number of rotatable bonds is 7. The smallest absolute Gasteiger partial charge is 0.157 e. The molecule has 3 nitrogen and oxygen atoms in total. The van der Waals surface area contributed by atoms with Crippen LogP contribution in [-0.2, 0) is 4.79 Å². The van der Waals surface area contributed by atoms with Crippen LogP contribution in [-0.4, -0.2) is 10.8 Å².